The van der Waals surface area contributed by atoms with E-state index in [-0.39, 0.29) is 40.3 Å². The number of hydrogen-bond acceptors (Lipinski definition) is 5. The zero-order valence-electron chi connectivity index (χ0n) is 22.3. The molecule has 3 aliphatic rings. The Bertz CT molecular complexity index is 1470. The second kappa shape index (κ2) is 10.5. The molecule has 0 saturated carbocycles. The first-order valence-corrected chi connectivity index (χ1v) is 15.4. The molecule has 3 aliphatic heterocycles. The monoisotopic (exact) mass is 621 g/mol. The number of alkyl halides is 1. The first kappa shape index (κ1) is 27.3. The molecule has 7 atom stereocenters. The largest absolute Gasteiger partial charge is 0.394 e. The van der Waals surface area contributed by atoms with Gasteiger partial charge in [-0.15, -0.1) is 11.8 Å². The lowest BCUT2D eigenvalue weighted by molar-refractivity contribution is -0.142. The lowest BCUT2D eigenvalue weighted by atomic mass is 9.70. The highest BCUT2D eigenvalue weighted by Crippen LogP contribution is 2.68. The molecule has 0 radical (unpaired) electrons. The van der Waals surface area contributed by atoms with E-state index in [4.69, 9.17) is 0 Å². The van der Waals surface area contributed by atoms with Crippen LogP contribution in [0.5, 0.6) is 0 Å². The maximum absolute atomic E-state index is 14.3. The molecule has 3 aromatic rings. The summed E-state index contributed by atoms with van der Waals surface area (Å²) >= 11 is 5.39. The van der Waals surface area contributed by atoms with Gasteiger partial charge in [0.2, 0.25) is 17.7 Å². The Morgan fingerprint density at radius 1 is 1.00 bits per heavy atom. The van der Waals surface area contributed by atoms with E-state index in [0.29, 0.717) is 17.8 Å². The van der Waals surface area contributed by atoms with E-state index in [9.17, 15) is 19.5 Å². The van der Waals surface area contributed by atoms with Gasteiger partial charge in [-0.25, -0.2) is 0 Å². The molecule has 3 amide bonds. The molecule has 3 saturated heterocycles. The third kappa shape index (κ3) is 4.33. The number of anilines is 2. The fourth-order valence-corrected chi connectivity index (χ4v) is 10.5. The molecule has 7 nitrogen and oxygen atoms in total. The zero-order chi connectivity index (χ0) is 28.2. The van der Waals surface area contributed by atoms with Gasteiger partial charge in [0.1, 0.15) is 6.04 Å². The number of nitrogens with zero attached hydrogens (tertiary/aromatic N) is 1. The molecule has 9 heteroatoms. The summed E-state index contributed by atoms with van der Waals surface area (Å²) in [6.45, 7) is 3.62. The minimum atomic E-state index is -0.833. The number of benzene rings is 3. The van der Waals surface area contributed by atoms with E-state index < -0.39 is 28.7 Å². The van der Waals surface area contributed by atoms with E-state index in [1.165, 1.54) is 0 Å². The maximum Gasteiger partial charge on any atom is 0.248 e. The summed E-state index contributed by atoms with van der Waals surface area (Å²) in [5.74, 6) is -2.09. The molecule has 40 heavy (non-hydrogen) atoms. The van der Waals surface area contributed by atoms with Crippen LogP contribution in [-0.2, 0) is 14.4 Å². The van der Waals surface area contributed by atoms with Crippen LogP contribution >= 0.6 is 27.7 Å². The van der Waals surface area contributed by atoms with Crippen LogP contribution < -0.4 is 10.6 Å². The van der Waals surface area contributed by atoms with Crippen molar-refractivity contribution < 1.29 is 19.5 Å². The van der Waals surface area contributed by atoms with Gasteiger partial charge < -0.3 is 20.6 Å². The van der Waals surface area contributed by atoms with Gasteiger partial charge in [0.15, 0.2) is 0 Å². The fourth-order valence-electron chi connectivity index (χ4n) is 6.87. The number of nitrogens with one attached hydrogen (secondary N) is 2. The van der Waals surface area contributed by atoms with E-state index >= 15 is 0 Å². The Balaban J connectivity index is 1.38. The van der Waals surface area contributed by atoms with Crippen molar-refractivity contribution in [2.24, 2.45) is 17.8 Å². The number of carbonyl (C=O) groups excluding carboxylic acids is 3. The summed E-state index contributed by atoms with van der Waals surface area (Å²) in [5.41, 5.74) is 1.32. The van der Waals surface area contributed by atoms with Gasteiger partial charge in [0.05, 0.1) is 29.2 Å². The Hall–Kier alpha value is -2.88. The first-order valence-electron chi connectivity index (χ1n) is 13.7. The molecule has 0 aliphatic carbocycles. The Morgan fingerprint density at radius 3 is 2.38 bits per heavy atom. The molecule has 3 N–H and O–H groups in total. The molecule has 3 aromatic carbocycles. The quantitative estimate of drug-likeness (QED) is 0.326. The minimum absolute atomic E-state index is 0.0318. The van der Waals surface area contributed by atoms with Crippen LogP contribution in [0.25, 0.3) is 10.8 Å². The molecule has 3 fully saturated rings. The topological polar surface area (TPSA) is 98.7 Å². The van der Waals surface area contributed by atoms with Crippen LogP contribution in [0.2, 0.25) is 0 Å². The number of likely N-dealkylation sites (tertiary alicyclic amines) is 1. The van der Waals surface area contributed by atoms with Gasteiger partial charge in [-0.05, 0) is 47.4 Å². The number of aliphatic hydroxyl groups is 1. The van der Waals surface area contributed by atoms with Gasteiger partial charge >= 0.3 is 0 Å². The van der Waals surface area contributed by atoms with Crippen molar-refractivity contribution in [2.75, 3.05) is 17.2 Å². The summed E-state index contributed by atoms with van der Waals surface area (Å²) < 4.78 is -0.794. The maximum atomic E-state index is 14.3. The Kier molecular flexibility index (Phi) is 7.17. The van der Waals surface area contributed by atoms with Crippen molar-refractivity contribution in [3.63, 3.8) is 0 Å². The lowest BCUT2D eigenvalue weighted by Gasteiger charge is -2.38. The van der Waals surface area contributed by atoms with Crippen molar-refractivity contribution in [1.82, 2.24) is 4.90 Å². The number of thioether (sulfide) groups is 1. The number of para-hydroxylation sites is 1. The molecule has 2 bridgehead atoms. The van der Waals surface area contributed by atoms with Crippen LogP contribution in [0.4, 0.5) is 11.4 Å². The van der Waals surface area contributed by atoms with Gasteiger partial charge in [-0.3, -0.25) is 14.4 Å². The Morgan fingerprint density at radius 2 is 1.68 bits per heavy atom. The summed E-state index contributed by atoms with van der Waals surface area (Å²) in [7, 11) is 0. The van der Waals surface area contributed by atoms with Crippen molar-refractivity contribution in [2.45, 2.75) is 47.2 Å². The van der Waals surface area contributed by atoms with Crippen LogP contribution in [0, 0.1) is 17.8 Å². The second-order valence-corrected chi connectivity index (χ2v) is 14.0. The molecular formula is C31H32BrN3O4S. The predicted octanol–water partition coefficient (Wildman–Crippen LogP) is 4.90. The summed E-state index contributed by atoms with van der Waals surface area (Å²) in [6.07, 6.45) is 0.580. The smallest absolute Gasteiger partial charge is 0.248 e. The van der Waals surface area contributed by atoms with Crippen molar-refractivity contribution in [3.05, 3.63) is 72.8 Å². The van der Waals surface area contributed by atoms with E-state index in [0.717, 1.165) is 10.8 Å². The van der Waals surface area contributed by atoms with Crippen LogP contribution in [0.1, 0.15) is 20.3 Å². The number of amides is 3. The van der Waals surface area contributed by atoms with Gasteiger partial charge in [0.25, 0.3) is 0 Å². The number of aliphatic hydroxyl groups excluding tert-OH is 1. The van der Waals surface area contributed by atoms with Gasteiger partial charge in [-0.1, -0.05) is 78.3 Å². The number of fused-ring (bicyclic) bond motifs is 2. The molecular weight excluding hydrogens is 590 g/mol. The summed E-state index contributed by atoms with van der Waals surface area (Å²) in [5, 5.41) is 18.4. The first-order chi connectivity index (χ1) is 19.2. The molecule has 208 valence electrons. The zero-order valence-corrected chi connectivity index (χ0v) is 24.7. The summed E-state index contributed by atoms with van der Waals surface area (Å²) in [6, 6.07) is 21.5. The third-order valence-corrected chi connectivity index (χ3v) is 11.9. The van der Waals surface area contributed by atoms with Crippen LogP contribution in [0.3, 0.4) is 0 Å². The molecule has 6 rings (SSSR count). The summed E-state index contributed by atoms with van der Waals surface area (Å²) in [4.78, 5) is 43.9. The molecule has 0 aromatic heterocycles. The highest BCUT2D eigenvalue weighted by Gasteiger charge is 2.76. The average Bonchev–Trinajstić information content (AvgIpc) is 3.53. The predicted molar refractivity (Wildman–Crippen MR) is 162 cm³/mol. The van der Waals surface area contributed by atoms with Crippen molar-refractivity contribution >= 4 is 67.6 Å². The number of rotatable bonds is 7. The molecule has 3 heterocycles. The lowest BCUT2D eigenvalue weighted by Crippen LogP contribution is -2.56. The third-order valence-electron chi connectivity index (χ3n) is 8.65. The van der Waals surface area contributed by atoms with Crippen LogP contribution in [-0.4, -0.2) is 61.2 Å². The van der Waals surface area contributed by atoms with E-state index in [1.54, 1.807) is 16.7 Å². The van der Waals surface area contributed by atoms with Crippen molar-refractivity contribution in [3.8, 4) is 0 Å². The second-order valence-electron chi connectivity index (χ2n) is 11.3. The highest BCUT2D eigenvalue weighted by atomic mass is 79.9. The van der Waals surface area contributed by atoms with E-state index in [1.807, 2.05) is 86.6 Å². The Labute approximate surface area is 246 Å². The van der Waals surface area contributed by atoms with Crippen molar-refractivity contribution in [1.29, 1.82) is 0 Å². The number of hydrogen-bond donors (Lipinski definition) is 3. The SMILES string of the molecule is CC(C)[C@H](CO)N1C(=O)[C@@H]2[C@H](C(=O)Nc3ccccc3)[C@H]3SC2(CC3Br)C1C(=O)Nc1ccc2ccccc2c1. The van der Waals surface area contributed by atoms with Gasteiger partial charge in [0, 0.05) is 21.5 Å². The van der Waals surface area contributed by atoms with Crippen LogP contribution in [0.15, 0.2) is 72.8 Å². The molecule has 3 unspecified atom stereocenters. The van der Waals surface area contributed by atoms with Gasteiger partial charge in [-0.2, -0.15) is 0 Å². The number of carbonyl (C=O) groups is 3. The number of halogens is 1. The van der Waals surface area contributed by atoms with E-state index in [2.05, 4.69) is 26.6 Å². The fraction of sp³-hybridized carbons (Fsp3) is 0.387. The minimum Gasteiger partial charge on any atom is -0.394 e. The average molecular weight is 623 g/mol. The normalized spacial score (nSPS) is 29.6. The standard InChI is InChI=1S/C31H32BrN3O4S/c1-17(2)23(16-36)35-27(29(38)34-21-13-12-18-8-6-7-9-19(18)14-21)31-15-22(32)26(40-31)24(25(31)30(35)39)28(37)33-20-10-4-3-5-11-20/h3-14,17,22-27,36H,15-16H2,1-2H3,(H,33,37)(H,34,38)/t22?,23-,24-,25-,26-,27?,31?/m0/s1. The molecule has 1 spiro atoms. The highest BCUT2D eigenvalue weighted by molar-refractivity contribution is 9.09.